The van der Waals surface area contributed by atoms with E-state index in [-0.39, 0.29) is 6.54 Å². The zero-order valence-electron chi connectivity index (χ0n) is 17.7. The van der Waals surface area contributed by atoms with E-state index < -0.39 is 15.9 Å². The molecule has 0 aliphatic carbocycles. The number of sulfonamides is 1. The Balaban J connectivity index is 1.75. The fourth-order valence-corrected chi connectivity index (χ4v) is 4.69. The van der Waals surface area contributed by atoms with Crippen LogP contribution in [0.5, 0.6) is 0 Å². The summed E-state index contributed by atoms with van der Waals surface area (Å²) in [6.45, 7) is 3.45. The molecular formula is C22H22Cl2N4O3S. The highest BCUT2D eigenvalue weighted by atomic mass is 35.5. The van der Waals surface area contributed by atoms with Crippen molar-refractivity contribution in [1.82, 2.24) is 9.99 Å². The van der Waals surface area contributed by atoms with E-state index in [0.29, 0.717) is 15.7 Å². The second kappa shape index (κ2) is 9.77. The maximum Gasteiger partial charge on any atom is 0.260 e. The molecule has 0 saturated carbocycles. The number of halogens is 2. The van der Waals surface area contributed by atoms with Crippen LogP contribution >= 0.6 is 23.2 Å². The van der Waals surface area contributed by atoms with Crippen LogP contribution in [-0.4, -0.2) is 37.9 Å². The zero-order chi connectivity index (χ0) is 23.5. The third-order valence-electron chi connectivity index (χ3n) is 4.70. The summed E-state index contributed by atoms with van der Waals surface area (Å²) in [5, 5.41) is 5.05. The highest BCUT2D eigenvalue weighted by Crippen LogP contribution is 2.26. The summed E-state index contributed by atoms with van der Waals surface area (Å²) in [6.07, 6.45) is 2.56. The summed E-state index contributed by atoms with van der Waals surface area (Å²) in [5.41, 5.74) is 6.19. The molecule has 1 amide bonds. The first-order chi connectivity index (χ1) is 15.1. The summed E-state index contributed by atoms with van der Waals surface area (Å²) < 4.78 is 27.2. The standard InChI is InChI=1S/C22H22Cl2N4O3S/c1-15-9-17(16(2)28(15)21-11-18(23)10-19(24)12-21)13-25-26-22(29)14-27(32(3,30)31)20-7-5-4-6-8-20/h4-13H,14H2,1-3H3,(H,26,29)/b25-13-. The van der Waals surface area contributed by atoms with Gasteiger partial charge in [-0.15, -0.1) is 0 Å². The first-order valence-corrected chi connectivity index (χ1v) is 12.2. The van der Waals surface area contributed by atoms with Crippen molar-refractivity contribution < 1.29 is 13.2 Å². The predicted molar refractivity (Wildman–Crippen MR) is 130 cm³/mol. The fourth-order valence-electron chi connectivity index (χ4n) is 3.32. The number of rotatable bonds is 7. The van der Waals surface area contributed by atoms with Crippen LogP contribution in [0.25, 0.3) is 5.69 Å². The molecule has 2 aromatic carbocycles. The van der Waals surface area contributed by atoms with E-state index in [0.717, 1.165) is 33.2 Å². The van der Waals surface area contributed by atoms with Crippen LogP contribution in [-0.2, 0) is 14.8 Å². The molecule has 168 valence electrons. The van der Waals surface area contributed by atoms with Gasteiger partial charge < -0.3 is 4.57 Å². The first kappa shape index (κ1) is 23.8. The SMILES string of the molecule is Cc1cc(/C=N\NC(=O)CN(c2ccccc2)S(C)(=O)=O)c(C)n1-c1cc(Cl)cc(Cl)c1. The smallest absolute Gasteiger partial charge is 0.260 e. The minimum Gasteiger partial charge on any atom is -0.318 e. The molecule has 0 spiro atoms. The van der Waals surface area contributed by atoms with Gasteiger partial charge in [0.2, 0.25) is 10.0 Å². The summed E-state index contributed by atoms with van der Waals surface area (Å²) in [6, 6.07) is 15.6. The topological polar surface area (TPSA) is 83.8 Å². The highest BCUT2D eigenvalue weighted by Gasteiger charge is 2.20. The lowest BCUT2D eigenvalue weighted by atomic mass is 10.2. The van der Waals surface area contributed by atoms with Crippen molar-refractivity contribution in [1.29, 1.82) is 0 Å². The second-order valence-electron chi connectivity index (χ2n) is 7.19. The second-order valence-corrected chi connectivity index (χ2v) is 9.97. The molecule has 1 heterocycles. The van der Waals surface area contributed by atoms with Gasteiger partial charge in [0, 0.05) is 32.7 Å². The van der Waals surface area contributed by atoms with E-state index in [1.54, 1.807) is 48.5 Å². The van der Waals surface area contributed by atoms with Gasteiger partial charge >= 0.3 is 0 Å². The van der Waals surface area contributed by atoms with Gasteiger partial charge in [-0.2, -0.15) is 5.10 Å². The van der Waals surface area contributed by atoms with Crippen LogP contribution in [0, 0.1) is 13.8 Å². The number of benzene rings is 2. The number of anilines is 1. The molecule has 1 aromatic heterocycles. The maximum atomic E-state index is 12.4. The van der Waals surface area contributed by atoms with E-state index in [4.69, 9.17) is 23.2 Å². The fraction of sp³-hybridized carbons (Fsp3) is 0.182. The average Bonchev–Trinajstić information content (AvgIpc) is 2.98. The van der Waals surface area contributed by atoms with Crippen molar-refractivity contribution in [2.24, 2.45) is 5.10 Å². The number of carbonyl (C=O) groups excluding carboxylic acids is 1. The van der Waals surface area contributed by atoms with E-state index in [9.17, 15) is 13.2 Å². The summed E-state index contributed by atoms with van der Waals surface area (Å²) >= 11 is 12.3. The van der Waals surface area contributed by atoms with Crippen LogP contribution in [0.4, 0.5) is 5.69 Å². The minimum atomic E-state index is -3.64. The van der Waals surface area contributed by atoms with Gasteiger partial charge in [-0.3, -0.25) is 9.10 Å². The van der Waals surface area contributed by atoms with Crippen molar-refractivity contribution in [3.8, 4) is 5.69 Å². The summed E-state index contributed by atoms with van der Waals surface area (Å²) in [5.74, 6) is -0.564. The Morgan fingerprint density at radius 3 is 2.31 bits per heavy atom. The normalized spacial score (nSPS) is 11.7. The lowest BCUT2D eigenvalue weighted by Gasteiger charge is -2.21. The molecule has 0 aliphatic rings. The summed E-state index contributed by atoms with van der Waals surface area (Å²) in [7, 11) is -3.64. The quantitative estimate of drug-likeness (QED) is 0.393. The number of carbonyl (C=O) groups is 1. The third kappa shape index (κ3) is 5.70. The predicted octanol–water partition coefficient (Wildman–Crippen LogP) is 4.32. The van der Waals surface area contributed by atoms with Crippen molar-refractivity contribution in [3.05, 3.63) is 81.6 Å². The lowest BCUT2D eigenvalue weighted by Crippen LogP contribution is -2.38. The molecule has 0 unspecified atom stereocenters. The van der Waals surface area contributed by atoms with Gasteiger partial charge in [0.25, 0.3) is 5.91 Å². The van der Waals surface area contributed by atoms with E-state index in [1.165, 1.54) is 6.21 Å². The third-order valence-corrected chi connectivity index (χ3v) is 6.28. The van der Waals surface area contributed by atoms with Gasteiger partial charge in [-0.1, -0.05) is 41.4 Å². The number of nitrogens with zero attached hydrogens (tertiary/aromatic N) is 3. The molecule has 3 rings (SSSR count). The Bertz CT molecular complexity index is 1250. The molecule has 1 N–H and O–H groups in total. The molecular weight excluding hydrogens is 471 g/mol. The van der Waals surface area contributed by atoms with Gasteiger partial charge in [-0.25, -0.2) is 13.8 Å². The molecule has 0 radical (unpaired) electrons. The Morgan fingerprint density at radius 2 is 1.72 bits per heavy atom. The number of hydrazone groups is 1. The van der Waals surface area contributed by atoms with Crippen LogP contribution in [0.15, 0.2) is 59.7 Å². The maximum absolute atomic E-state index is 12.4. The van der Waals surface area contributed by atoms with E-state index >= 15 is 0 Å². The number of nitrogens with one attached hydrogen (secondary N) is 1. The van der Waals surface area contributed by atoms with Gasteiger partial charge in [-0.05, 0) is 50.2 Å². The van der Waals surface area contributed by atoms with Crippen molar-refractivity contribution in [3.63, 3.8) is 0 Å². The molecule has 10 heteroatoms. The highest BCUT2D eigenvalue weighted by molar-refractivity contribution is 7.92. The largest absolute Gasteiger partial charge is 0.318 e. The van der Waals surface area contributed by atoms with Crippen LogP contribution in [0.2, 0.25) is 10.0 Å². The van der Waals surface area contributed by atoms with Crippen molar-refractivity contribution in [2.75, 3.05) is 17.1 Å². The Morgan fingerprint density at radius 1 is 1.09 bits per heavy atom. The van der Waals surface area contributed by atoms with Crippen molar-refractivity contribution >= 4 is 51.0 Å². The van der Waals surface area contributed by atoms with Crippen LogP contribution < -0.4 is 9.73 Å². The van der Waals surface area contributed by atoms with Gasteiger partial charge in [0.1, 0.15) is 6.54 Å². The molecule has 0 atom stereocenters. The zero-order valence-corrected chi connectivity index (χ0v) is 20.0. The molecule has 0 saturated heterocycles. The molecule has 0 bridgehead atoms. The number of hydrogen-bond donors (Lipinski definition) is 1. The number of hydrogen-bond acceptors (Lipinski definition) is 4. The Labute approximate surface area is 197 Å². The van der Waals surface area contributed by atoms with E-state index in [1.807, 2.05) is 24.5 Å². The Kier molecular flexibility index (Phi) is 7.28. The van der Waals surface area contributed by atoms with Crippen LogP contribution in [0.3, 0.4) is 0 Å². The monoisotopic (exact) mass is 492 g/mol. The van der Waals surface area contributed by atoms with E-state index in [2.05, 4.69) is 10.5 Å². The lowest BCUT2D eigenvalue weighted by molar-refractivity contribution is -0.119. The van der Waals surface area contributed by atoms with Crippen LogP contribution in [0.1, 0.15) is 17.0 Å². The summed E-state index contributed by atoms with van der Waals surface area (Å²) in [4.78, 5) is 12.4. The molecule has 32 heavy (non-hydrogen) atoms. The molecule has 0 fully saturated rings. The van der Waals surface area contributed by atoms with Crippen molar-refractivity contribution in [2.45, 2.75) is 13.8 Å². The minimum absolute atomic E-state index is 0.389. The number of aryl methyl sites for hydroxylation is 1. The number of amides is 1. The number of aromatic nitrogens is 1. The van der Waals surface area contributed by atoms with Gasteiger partial charge in [0.05, 0.1) is 18.2 Å². The average molecular weight is 493 g/mol. The Hall–Kier alpha value is -2.81. The molecule has 0 aliphatic heterocycles. The molecule has 3 aromatic rings. The first-order valence-electron chi connectivity index (χ1n) is 9.56. The molecule has 7 nitrogen and oxygen atoms in total. The van der Waals surface area contributed by atoms with Gasteiger partial charge in [0.15, 0.2) is 0 Å². The number of para-hydroxylation sites is 1.